The van der Waals surface area contributed by atoms with Gasteiger partial charge in [-0.15, -0.1) is 0 Å². The van der Waals surface area contributed by atoms with E-state index in [1.807, 2.05) is 0 Å². The second-order valence-corrected chi connectivity index (χ2v) is 31.8. The van der Waals surface area contributed by atoms with E-state index in [0.717, 1.165) is 18.5 Å². The van der Waals surface area contributed by atoms with Gasteiger partial charge in [0.25, 0.3) is 0 Å². The van der Waals surface area contributed by atoms with Crippen LogP contribution in [0.2, 0.25) is 0 Å². The third-order valence-corrected chi connectivity index (χ3v) is 22.1. The Labute approximate surface area is 519 Å². The van der Waals surface area contributed by atoms with Crippen LogP contribution in [0.15, 0.2) is 181 Å². The molecule has 0 amide bonds. The Hall–Kier alpha value is -7.88. The van der Waals surface area contributed by atoms with E-state index in [2.05, 4.69) is 308 Å². The lowest BCUT2D eigenvalue weighted by Gasteiger charge is -2.48. The number of allylic oxidation sites excluding steroid dienone is 1. The molecular formula is C84H87N3. The zero-order valence-corrected chi connectivity index (χ0v) is 54.8. The normalized spacial score (nSPS) is 19.2. The molecule has 0 bridgehead atoms. The zero-order chi connectivity index (χ0) is 61.0. The number of rotatable bonds is 4. The minimum absolute atomic E-state index is 0.0201. The minimum atomic E-state index is -0.326. The lowest BCUT2D eigenvalue weighted by Crippen LogP contribution is -2.37. The number of hydrogen-bond donors (Lipinski definition) is 0. The number of aryl methyl sites for hydroxylation is 1. The highest BCUT2D eigenvalue weighted by Gasteiger charge is 2.50. The van der Waals surface area contributed by atoms with E-state index in [1.165, 1.54) is 152 Å². The smallest absolute Gasteiger partial charge is 0.0542 e. The fourth-order valence-corrected chi connectivity index (χ4v) is 16.9. The van der Waals surface area contributed by atoms with Crippen LogP contribution in [-0.4, -0.2) is 0 Å². The molecular weight excluding hydrogens is 1050 g/mol. The molecule has 3 nitrogen and oxygen atoms in total. The van der Waals surface area contributed by atoms with Crippen LogP contribution in [-0.2, 0) is 44.3 Å². The predicted octanol–water partition coefficient (Wildman–Crippen LogP) is 22.7. The van der Waals surface area contributed by atoms with E-state index in [1.54, 1.807) is 0 Å². The van der Waals surface area contributed by atoms with Gasteiger partial charge in [0, 0.05) is 50.2 Å². The molecule has 438 valence electrons. The average Bonchev–Trinajstić information content (AvgIpc) is 1.69. The number of fused-ring (bicyclic) bond motifs is 10. The van der Waals surface area contributed by atoms with Crippen LogP contribution in [0, 0.1) is 6.92 Å². The third kappa shape index (κ3) is 8.05. The molecule has 3 aliphatic carbocycles. The molecule has 9 aromatic rings. The first-order valence-electron chi connectivity index (χ1n) is 32.4. The van der Waals surface area contributed by atoms with Gasteiger partial charge in [-0.25, -0.2) is 0 Å². The lowest BCUT2D eigenvalue weighted by atomic mass is 9.59. The Bertz CT molecular complexity index is 4430. The summed E-state index contributed by atoms with van der Waals surface area (Å²) in [7, 11) is 0. The zero-order valence-electron chi connectivity index (χ0n) is 54.8. The van der Waals surface area contributed by atoms with E-state index >= 15 is 0 Å². The molecule has 0 spiro atoms. The highest BCUT2D eigenvalue weighted by molar-refractivity contribution is 6.05. The maximum atomic E-state index is 2.77. The summed E-state index contributed by atoms with van der Waals surface area (Å²) in [5, 5.41) is 0. The summed E-state index contributed by atoms with van der Waals surface area (Å²) >= 11 is 0. The van der Waals surface area contributed by atoms with Gasteiger partial charge in [-0.2, -0.15) is 0 Å². The van der Waals surface area contributed by atoms with Crippen LogP contribution >= 0.6 is 0 Å². The molecule has 87 heavy (non-hydrogen) atoms. The number of hydrogen-bond acceptors (Lipinski definition) is 3. The first kappa shape index (κ1) is 55.7. The second kappa shape index (κ2) is 18.4. The fraction of sp³-hybridized carbons (Fsp3) is 0.333. The molecule has 3 heteroatoms. The van der Waals surface area contributed by atoms with Gasteiger partial charge in [0.15, 0.2) is 0 Å². The van der Waals surface area contributed by atoms with Gasteiger partial charge in [0.2, 0.25) is 0 Å². The van der Waals surface area contributed by atoms with Gasteiger partial charge in [0.1, 0.15) is 0 Å². The standard InChI is InChI=1S/C84H87N3/c1-50-41-73-76-74(42-50)87(69-38-35-54(79(5,6)7)45-57(69)51-31-33-53(34-32-51)78(2,3)4)71-49-72-68(84(16,17)64-29-23-24-30-70(64)85(72)55-25-19-18-20-26-55)48-59(71)75(76)60-43-52-44-66-67(83(14,15)63-28-22-21-27-62(63)82(66,12)13)47-58(52)77(60)86(73)56-36-37-61-65(46-56)81(10,11)40-39-80(61,8)9/h18-38,41-42,44-49,75H,39-40,43H2,1-17H3. The van der Waals surface area contributed by atoms with Crippen LogP contribution in [0.3, 0.4) is 0 Å². The summed E-state index contributed by atoms with van der Waals surface area (Å²) in [6.45, 7) is 41.1. The van der Waals surface area contributed by atoms with Crippen molar-refractivity contribution in [2.45, 2.75) is 181 Å². The molecule has 0 radical (unpaired) electrons. The van der Waals surface area contributed by atoms with E-state index in [-0.39, 0.29) is 43.8 Å². The maximum Gasteiger partial charge on any atom is 0.0542 e. The van der Waals surface area contributed by atoms with E-state index in [4.69, 9.17) is 0 Å². The summed E-state index contributed by atoms with van der Waals surface area (Å²) in [5.74, 6) is -0.0458. The molecule has 0 saturated carbocycles. The summed E-state index contributed by atoms with van der Waals surface area (Å²) in [4.78, 5) is 8.06. The molecule has 0 fully saturated rings. The quantitative estimate of drug-likeness (QED) is 0.174. The lowest BCUT2D eigenvalue weighted by molar-refractivity contribution is 0.332. The molecule has 3 heterocycles. The second-order valence-electron chi connectivity index (χ2n) is 31.8. The van der Waals surface area contributed by atoms with Crippen LogP contribution in [0.1, 0.15) is 213 Å². The van der Waals surface area contributed by atoms with Crippen LogP contribution in [0.4, 0.5) is 45.5 Å². The monoisotopic (exact) mass is 1140 g/mol. The topological polar surface area (TPSA) is 9.72 Å². The van der Waals surface area contributed by atoms with Gasteiger partial charge in [-0.05, 0) is 204 Å². The van der Waals surface area contributed by atoms with Crippen molar-refractivity contribution >= 4 is 51.2 Å². The summed E-state index contributed by atoms with van der Waals surface area (Å²) < 4.78 is 0. The number of benzene rings is 9. The van der Waals surface area contributed by atoms with Gasteiger partial charge >= 0.3 is 0 Å². The molecule has 6 aliphatic rings. The third-order valence-electron chi connectivity index (χ3n) is 22.1. The van der Waals surface area contributed by atoms with Crippen molar-refractivity contribution in [3.05, 3.63) is 265 Å². The van der Waals surface area contributed by atoms with Crippen molar-refractivity contribution in [2.75, 3.05) is 14.7 Å². The highest BCUT2D eigenvalue weighted by Crippen LogP contribution is 2.66. The molecule has 0 saturated heterocycles. The van der Waals surface area contributed by atoms with Crippen molar-refractivity contribution < 1.29 is 0 Å². The van der Waals surface area contributed by atoms with Gasteiger partial charge in [0.05, 0.1) is 39.8 Å². The van der Waals surface area contributed by atoms with Crippen LogP contribution in [0.5, 0.6) is 0 Å². The molecule has 3 aliphatic heterocycles. The summed E-state index contributed by atoms with van der Waals surface area (Å²) in [5.41, 5.74) is 35.4. The first-order chi connectivity index (χ1) is 41.1. The minimum Gasteiger partial charge on any atom is -0.310 e. The van der Waals surface area contributed by atoms with Crippen LogP contribution < -0.4 is 14.7 Å². The Morgan fingerprint density at radius 3 is 1.61 bits per heavy atom. The van der Waals surface area contributed by atoms with Crippen LogP contribution in [0.25, 0.3) is 16.8 Å². The Kier molecular flexibility index (Phi) is 11.7. The van der Waals surface area contributed by atoms with E-state index < -0.39 is 0 Å². The fourth-order valence-electron chi connectivity index (χ4n) is 16.9. The molecule has 15 rings (SSSR count). The van der Waals surface area contributed by atoms with Crippen molar-refractivity contribution in [1.29, 1.82) is 0 Å². The van der Waals surface area contributed by atoms with Crippen molar-refractivity contribution in [3.63, 3.8) is 0 Å². The summed E-state index contributed by atoms with van der Waals surface area (Å²) in [6.07, 6.45) is 3.19. The SMILES string of the molecule is Cc1cc2c3c(c1)N(c1ccc(C(C)(C)C)cc1-c1ccc(C(C)(C)C)cc1)c1cc4c(cc1C3C1=C(c3cc5c(cc3C1)C(C)(C)c1ccccc1C5(C)C)N2c1ccc2c(c1)C(C)(C)CCC2(C)C)C(C)(C)c1ccccc1N4c1ccccc1. The van der Waals surface area contributed by atoms with Gasteiger partial charge in [-0.3, -0.25) is 0 Å². The van der Waals surface area contributed by atoms with Crippen molar-refractivity contribution in [2.24, 2.45) is 0 Å². The Balaban J connectivity index is 1.07. The molecule has 1 unspecified atom stereocenters. The highest BCUT2D eigenvalue weighted by atomic mass is 15.2. The molecule has 1 atom stereocenters. The maximum absolute atomic E-state index is 2.77. The van der Waals surface area contributed by atoms with Crippen molar-refractivity contribution in [3.8, 4) is 11.1 Å². The first-order valence-corrected chi connectivity index (χ1v) is 32.4. The largest absolute Gasteiger partial charge is 0.310 e. The molecule has 0 aromatic heterocycles. The van der Waals surface area contributed by atoms with Crippen molar-refractivity contribution in [1.82, 2.24) is 0 Å². The van der Waals surface area contributed by atoms with Gasteiger partial charge < -0.3 is 14.7 Å². The number of nitrogens with zero attached hydrogens (tertiary/aromatic N) is 3. The number of anilines is 8. The van der Waals surface area contributed by atoms with E-state index in [0.29, 0.717) is 0 Å². The predicted molar refractivity (Wildman–Crippen MR) is 369 cm³/mol. The Morgan fingerprint density at radius 2 is 0.954 bits per heavy atom. The van der Waals surface area contributed by atoms with Gasteiger partial charge in [-0.1, -0.05) is 214 Å². The Morgan fingerprint density at radius 1 is 0.379 bits per heavy atom. The summed E-state index contributed by atoms with van der Waals surface area (Å²) in [6, 6.07) is 69.9. The number of para-hydroxylation sites is 2. The van der Waals surface area contributed by atoms with E-state index in [9.17, 15) is 0 Å². The molecule has 0 N–H and O–H groups in total. The molecule has 9 aromatic carbocycles. The average molecular weight is 1140 g/mol.